The van der Waals surface area contributed by atoms with Gasteiger partial charge in [-0.05, 0) is 19.3 Å². The number of esters is 1. The van der Waals surface area contributed by atoms with Crippen molar-refractivity contribution in [2.75, 3.05) is 7.11 Å². The molecular formula is C12H20O3. The lowest BCUT2D eigenvalue weighted by atomic mass is 9.77. The molecule has 1 saturated carbocycles. The van der Waals surface area contributed by atoms with Crippen LogP contribution in [0.2, 0.25) is 0 Å². The maximum absolute atomic E-state index is 11.9. The summed E-state index contributed by atoms with van der Waals surface area (Å²) in [5, 5.41) is 0. The SMILES string of the molecule is COC(=O)CCC1(C)CCCCCC1=O. The van der Waals surface area contributed by atoms with Gasteiger partial charge in [0.25, 0.3) is 0 Å². The van der Waals surface area contributed by atoms with Gasteiger partial charge in [-0.3, -0.25) is 9.59 Å². The van der Waals surface area contributed by atoms with E-state index in [1.807, 2.05) is 6.92 Å². The molecule has 0 aromatic rings. The van der Waals surface area contributed by atoms with E-state index in [-0.39, 0.29) is 11.4 Å². The Kier molecular flexibility index (Phi) is 4.30. The monoisotopic (exact) mass is 212 g/mol. The number of ketones is 1. The summed E-state index contributed by atoms with van der Waals surface area (Å²) in [5.41, 5.74) is -0.287. The van der Waals surface area contributed by atoms with Crippen molar-refractivity contribution in [3.63, 3.8) is 0 Å². The predicted octanol–water partition coefficient (Wildman–Crippen LogP) is 2.48. The van der Waals surface area contributed by atoms with Gasteiger partial charge in [-0.25, -0.2) is 0 Å². The van der Waals surface area contributed by atoms with Crippen molar-refractivity contribution >= 4 is 11.8 Å². The molecule has 1 aliphatic rings. The summed E-state index contributed by atoms with van der Waals surface area (Å²) in [4.78, 5) is 22.9. The van der Waals surface area contributed by atoms with Gasteiger partial charge in [0.1, 0.15) is 5.78 Å². The number of Topliss-reactive ketones (excluding diaryl/α,β-unsaturated/α-hetero) is 1. The number of carbonyl (C=O) groups is 2. The third-order valence-corrected chi connectivity index (χ3v) is 3.41. The number of rotatable bonds is 3. The van der Waals surface area contributed by atoms with Crippen LogP contribution in [-0.4, -0.2) is 18.9 Å². The number of ether oxygens (including phenoxy) is 1. The van der Waals surface area contributed by atoms with Crippen LogP contribution in [0.5, 0.6) is 0 Å². The molecule has 86 valence electrons. The molecule has 0 spiro atoms. The third kappa shape index (κ3) is 3.33. The van der Waals surface area contributed by atoms with Gasteiger partial charge in [0, 0.05) is 18.3 Å². The fourth-order valence-corrected chi connectivity index (χ4v) is 2.16. The van der Waals surface area contributed by atoms with E-state index in [1.54, 1.807) is 0 Å². The Morgan fingerprint density at radius 1 is 1.40 bits per heavy atom. The number of hydrogen-bond acceptors (Lipinski definition) is 3. The van der Waals surface area contributed by atoms with Crippen LogP contribution >= 0.6 is 0 Å². The smallest absolute Gasteiger partial charge is 0.305 e. The van der Waals surface area contributed by atoms with Crippen LogP contribution in [0.1, 0.15) is 51.9 Å². The zero-order valence-electron chi connectivity index (χ0n) is 9.67. The van der Waals surface area contributed by atoms with Gasteiger partial charge in [0.05, 0.1) is 7.11 Å². The van der Waals surface area contributed by atoms with Gasteiger partial charge in [-0.1, -0.05) is 19.8 Å². The normalized spacial score (nSPS) is 27.2. The summed E-state index contributed by atoms with van der Waals surface area (Å²) < 4.78 is 4.60. The summed E-state index contributed by atoms with van der Waals surface area (Å²) in [6.07, 6.45) is 5.84. The molecule has 0 aromatic carbocycles. The number of methoxy groups -OCH3 is 1. The maximum Gasteiger partial charge on any atom is 0.305 e. The van der Waals surface area contributed by atoms with Gasteiger partial charge in [0.15, 0.2) is 0 Å². The van der Waals surface area contributed by atoms with Crippen molar-refractivity contribution in [2.24, 2.45) is 5.41 Å². The molecule has 0 saturated heterocycles. The van der Waals surface area contributed by atoms with Crippen molar-refractivity contribution in [3.05, 3.63) is 0 Å². The molecule has 3 heteroatoms. The highest BCUT2D eigenvalue weighted by molar-refractivity contribution is 5.85. The molecule has 1 atom stereocenters. The number of carbonyl (C=O) groups excluding carboxylic acids is 2. The van der Waals surface area contributed by atoms with Crippen molar-refractivity contribution in [1.29, 1.82) is 0 Å². The zero-order valence-corrected chi connectivity index (χ0v) is 9.67. The summed E-state index contributed by atoms with van der Waals surface area (Å²) in [5.74, 6) is 0.108. The Labute approximate surface area is 91.2 Å². The second-order valence-electron chi connectivity index (χ2n) is 4.62. The molecule has 0 N–H and O–H groups in total. The van der Waals surface area contributed by atoms with Crippen LogP contribution < -0.4 is 0 Å². The summed E-state index contributed by atoms with van der Waals surface area (Å²) >= 11 is 0. The van der Waals surface area contributed by atoms with E-state index < -0.39 is 0 Å². The average molecular weight is 212 g/mol. The van der Waals surface area contributed by atoms with Crippen molar-refractivity contribution in [3.8, 4) is 0 Å². The second-order valence-corrected chi connectivity index (χ2v) is 4.62. The molecule has 0 aliphatic heterocycles. The van der Waals surface area contributed by atoms with E-state index in [0.29, 0.717) is 25.0 Å². The minimum absolute atomic E-state index is 0.215. The molecule has 0 amide bonds. The fraction of sp³-hybridized carbons (Fsp3) is 0.833. The lowest BCUT2D eigenvalue weighted by Gasteiger charge is -2.25. The molecule has 0 bridgehead atoms. The first kappa shape index (κ1) is 12.2. The van der Waals surface area contributed by atoms with Gasteiger partial charge >= 0.3 is 5.97 Å². The zero-order chi connectivity index (χ0) is 11.3. The van der Waals surface area contributed by atoms with E-state index >= 15 is 0 Å². The van der Waals surface area contributed by atoms with Crippen LogP contribution in [0.25, 0.3) is 0 Å². The molecular weight excluding hydrogens is 192 g/mol. The standard InChI is InChI=1S/C12H20O3/c1-12(9-7-11(14)15-2)8-5-3-4-6-10(12)13/h3-9H2,1-2H3. The molecule has 0 aromatic heterocycles. The lowest BCUT2D eigenvalue weighted by molar-refractivity contribution is -0.141. The molecule has 1 aliphatic carbocycles. The van der Waals surface area contributed by atoms with Crippen molar-refractivity contribution in [1.82, 2.24) is 0 Å². The largest absolute Gasteiger partial charge is 0.469 e. The Bertz CT molecular complexity index is 247. The first-order valence-electron chi connectivity index (χ1n) is 5.68. The van der Waals surface area contributed by atoms with Crippen LogP contribution in [-0.2, 0) is 14.3 Å². The molecule has 15 heavy (non-hydrogen) atoms. The molecule has 1 unspecified atom stereocenters. The second kappa shape index (κ2) is 5.29. The molecule has 1 rings (SSSR count). The Balaban J connectivity index is 2.54. The van der Waals surface area contributed by atoms with Crippen molar-refractivity contribution in [2.45, 2.75) is 51.9 Å². The molecule has 3 nitrogen and oxygen atoms in total. The lowest BCUT2D eigenvalue weighted by Crippen LogP contribution is -2.27. The van der Waals surface area contributed by atoms with E-state index in [2.05, 4.69) is 4.74 Å². The molecule has 1 fully saturated rings. The highest BCUT2D eigenvalue weighted by Gasteiger charge is 2.33. The Hall–Kier alpha value is -0.860. The van der Waals surface area contributed by atoms with Gasteiger partial charge in [-0.15, -0.1) is 0 Å². The van der Waals surface area contributed by atoms with E-state index in [0.717, 1.165) is 25.7 Å². The van der Waals surface area contributed by atoms with E-state index in [1.165, 1.54) is 7.11 Å². The highest BCUT2D eigenvalue weighted by Crippen LogP contribution is 2.35. The van der Waals surface area contributed by atoms with Crippen LogP contribution in [0.3, 0.4) is 0 Å². The fourth-order valence-electron chi connectivity index (χ4n) is 2.16. The van der Waals surface area contributed by atoms with Gasteiger partial charge < -0.3 is 4.74 Å². The molecule has 0 heterocycles. The van der Waals surface area contributed by atoms with E-state index in [4.69, 9.17) is 0 Å². The van der Waals surface area contributed by atoms with Crippen LogP contribution in [0.15, 0.2) is 0 Å². The Morgan fingerprint density at radius 2 is 2.13 bits per heavy atom. The maximum atomic E-state index is 11.9. The summed E-state index contributed by atoms with van der Waals surface area (Å²) in [6.45, 7) is 1.99. The summed E-state index contributed by atoms with van der Waals surface area (Å²) in [7, 11) is 1.39. The van der Waals surface area contributed by atoms with Crippen molar-refractivity contribution < 1.29 is 14.3 Å². The van der Waals surface area contributed by atoms with Gasteiger partial charge in [0.2, 0.25) is 0 Å². The third-order valence-electron chi connectivity index (χ3n) is 3.41. The molecule has 0 radical (unpaired) electrons. The van der Waals surface area contributed by atoms with Crippen LogP contribution in [0.4, 0.5) is 0 Å². The summed E-state index contributed by atoms with van der Waals surface area (Å²) in [6, 6.07) is 0. The first-order chi connectivity index (χ1) is 7.08. The van der Waals surface area contributed by atoms with Gasteiger partial charge in [-0.2, -0.15) is 0 Å². The first-order valence-corrected chi connectivity index (χ1v) is 5.68. The van der Waals surface area contributed by atoms with E-state index in [9.17, 15) is 9.59 Å². The van der Waals surface area contributed by atoms with Crippen LogP contribution in [0, 0.1) is 5.41 Å². The Morgan fingerprint density at radius 3 is 2.80 bits per heavy atom. The predicted molar refractivity (Wildman–Crippen MR) is 57.4 cm³/mol. The quantitative estimate of drug-likeness (QED) is 0.533. The minimum Gasteiger partial charge on any atom is -0.469 e. The number of hydrogen-bond donors (Lipinski definition) is 0. The highest BCUT2D eigenvalue weighted by atomic mass is 16.5. The minimum atomic E-state index is -0.287. The topological polar surface area (TPSA) is 43.4 Å². The average Bonchev–Trinajstić information content (AvgIpc) is 2.39.